The Kier molecular flexibility index (Phi) is 26.0. The van der Waals surface area contributed by atoms with Crippen LogP contribution >= 0.6 is 0 Å². The largest absolute Gasteiger partial charge is 0.493 e. The van der Waals surface area contributed by atoms with Crippen molar-refractivity contribution in [2.75, 3.05) is 78.8 Å². The molecule has 10 aromatic rings. The van der Waals surface area contributed by atoms with Crippen molar-refractivity contribution in [1.82, 2.24) is 28.1 Å². The van der Waals surface area contributed by atoms with Crippen molar-refractivity contribution in [1.29, 1.82) is 0 Å². The number of fused-ring (bicyclic) bond motifs is 6. The first-order valence-electron chi connectivity index (χ1n) is 39.2. The Morgan fingerprint density at radius 2 is 0.851 bits per heavy atom. The predicted octanol–water partition coefficient (Wildman–Crippen LogP) is 13.6. The van der Waals surface area contributed by atoms with E-state index in [4.69, 9.17) is 33.2 Å². The van der Waals surface area contributed by atoms with E-state index in [1.54, 1.807) is 155 Å². The zero-order valence-electron chi connectivity index (χ0n) is 68.5. The number of carbonyl (C=O) groups excluding carboxylic acids is 9. The Balaban J connectivity index is 0.000000209. The van der Waals surface area contributed by atoms with E-state index in [1.807, 2.05) is 80.7 Å². The van der Waals surface area contributed by atoms with Crippen LogP contribution in [0, 0.1) is 13.8 Å². The average molecular weight is 1640 g/mol. The number of carboxylic acid groups (broad SMARTS) is 1. The third kappa shape index (κ3) is 18.5. The van der Waals surface area contributed by atoms with Gasteiger partial charge in [-0.05, 0) is 145 Å². The van der Waals surface area contributed by atoms with Crippen LogP contribution in [0.5, 0.6) is 11.5 Å². The standard InChI is InChI=1S/C46H48N6O9.C45H46N6O9/c1-7-18-61-46(57)52-36-24-40(28(2)20-35(36)43(55)51-26-31-12-9-8-11-30(31)21-38(51)44(52)58-5)60-19-10-13-41(53)47-34-23-37(50(4)27-34)42(54)48-33-16-14-29(15-17-33)32-22-39(45(56)59-6)49(3)25-32;1-6-17-60-45(57)51-35-23-39(27(2)19-34(35)42(54)50-25-30-11-8-7-10-29(30)20-37(50)43(51)58-5)59-18-9-12-40(52)46-33-22-36(49(4)26-33)41(53)47-32-15-13-28(14-16-32)31-21-38(44(55)56)48(3)24-31/h7-9,11-12,14-17,20,22-25,27,38,44H,1,10,13,18-19,21,26H2,2-6H3,(H,47,53)(H,48,54);6-8,10-11,13-16,19,21-24,26,37,43H,1,9,12,17-18,20,25H2,2-5H3,(H,46,52)(H,47,53)(H,55,56)/t38-,44?;37-,43?/m00/s1. The molecule has 0 fully saturated rings. The van der Waals surface area contributed by atoms with E-state index < -0.39 is 48.7 Å². The minimum atomic E-state index is -1.02. The highest BCUT2D eigenvalue weighted by Gasteiger charge is 2.48. The summed E-state index contributed by atoms with van der Waals surface area (Å²) < 4.78 is 46.6. The number of hydrogen-bond donors (Lipinski definition) is 5. The summed E-state index contributed by atoms with van der Waals surface area (Å²) in [4.78, 5) is 138. The SMILES string of the molecule is C=CCOC(=O)N1c2cc(OCCCC(=O)Nc3cc(C(=O)Nc4ccc(-c5cc(C(=O)O)n(C)c5)cc4)n(C)c3)c(C)cc2C(=O)N2Cc3ccccc3C[C@H]2C1OC.C=CCOC(=O)N1c2cc(OCCCC(=O)Nc3cc(C(=O)Nc4ccc(-c5cc(C(=O)OC)n(C)c5)cc4)n(C)c3)c(C)cc2C(=O)N2Cc3ccccc3C[C@H]2C1OC. The fourth-order valence-corrected chi connectivity index (χ4v) is 15.6. The molecule has 4 atom stereocenters. The molecule has 14 rings (SSSR count). The molecule has 30 nitrogen and oxygen atoms in total. The molecule has 626 valence electrons. The number of rotatable bonds is 26. The Hall–Kier alpha value is -14.3. The van der Waals surface area contributed by atoms with Gasteiger partial charge in [-0.2, -0.15) is 0 Å². The summed E-state index contributed by atoms with van der Waals surface area (Å²) in [6, 6.07) is 42.4. The third-order valence-electron chi connectivity index (χ3n) is 21.6. The maximum Gasteiger partial charge on any atom is 0.416 e. The Morgan fingerprint density at radius 3 is 1.23 bits per heavy atom. The number of amides is 8. The molecule has 0 saturated heterocycles. The van der Waals surface area contributed by atoms with E-state index in [0.717, 1.165) is 44.5 Å². The molecule has 5 N–H and O–H groups in total. The first kappa shape index (κ1) is 84.6. The summed E-state index contributed by atoms with van der Waals surface area (Å²) in [6.07, 6.45) is 8.58. The van der Waals surface area contributed by atoms with Crippen molar-refractivity contribution in [3.63, 3.8) is 0 Å². The Morgan fingerprint density at radius 1 is 0.463 bits per heavy atom. The topological polar surface area (TPSA) is 336 Å². The van der Waals surface area contributed by atoms with Crippen molar-refractivity contribution in [2.24, 2.45) is 28.2 Å². The molecule has 121 heavy (non-hydrogen) atoms. The number of carboxylic acids is 1. The van der Waals surface area contributed by atoms with Gasteiger partial charge in [-0.25, -0.2) is 29.0 Å². The fraction of sp³-hybridized carbons (Fsp3) is 0.275. The number of nitrogens with one attached hydrogen (secondary N) is 4. The second kappa shape index (κ2) is 37.1. The number of nitrogens with zero attached hydrogens (tertiary/aromatic N) is 8. The molecular formula is C91H94N12O18. The Labute approximate surface area is 698 Å². The third-order valence-corrected chi connectivity index (χ3v) is 21.6. The highest BCUT2D eigenvalue weighted by Crippen LogP contribution is 2.43. The number of carbonyl (C=O) groups is 10. The lowest BCUT2D eigenvalue weighted by Gasteiger charge is -2.41. The van der Waals surface area contributed by atoms with E-state index in [0.29, 0.717) is 124 Å². The molecule has 6 aromatic carbocycles. The molecule has 4 aliphatic heterocycles. The summed E-state index contributed by atoms with van der Waals surface area (Å²) in [6.45, 7) is 11.9. The van der Waals surface area contributed by atoms with Gasteiger partial charge in [0.25, 0.3) is 23.6 Å². The molecule has 2 unspecified atom stereocenters. The lowest BCUT2D eigenvalue weighted by molar-refractivity contribution is -0.117. The van der Waals surface area contributed by atoms with E-state index in [1.165, 1.54) is 47.8 Å². The molecule has 0 bridgehead atoms. The van der Waals surface area contributed by atoms with Gasteiger partial charge in [-0.1, -0.05) is 98.1 Å². The van der Waals surface area contributed by atoms with Crippen LogP contribution in [-0.2, 0) is 87.4 Å². The molecule has 8 amide bonds. The van der Waals surface area contributed by atoms with Crippen LogP contribution in [0.2, 0.25) is 0 Å². The number of aryl methyl sites for hydroxylation is 6. The van der Waals surface area contributed by atoms with Crippen LogP contribution in [-0.4, -0.2) is 165 Å². The predicted molar refractivity (Wildman–Crippen MR) is 453 cm³/mol. The molecule has 0 aliphatic carbocycles. The summed E-state index contributed by atoms with van der Waals surface area (Å²) in [7, 11) is 11.2. The summed E-state index contributed by atoms with van der Waals surface area (Å²) in [5.74, 6) is -2.34. The van der Waals surface area contributed by atoms with Crippen LogP contribution in [0.4, 0.5) is 43.7 Å². The quantitative estimate of drug-likeness (QED) is 0.0145. The average Bonchev–Trinajstić information content (AvgIpc) is 1.66. The van der Waals surface area contributed by atoms with Gasteiger partial charge in [0.1, 0.15) is 47.5 Å². The highest BCUT2D eigenvalue weighted by molar-refractivity contribution is 6.09. The van der Waals surface area contributed by atoms with Crippen LogP contribution in [0.25, 0.3) is 22.3 Å². The summed E-state index contributed by atoms with van der Waals surface area (Å²) >= 11 is 0. The number of anilines is 6. The van der Waals surface area contributed by atoms with Gasteiger partial charge < -0.3 is 87.6 Å². The maximum absolute atomic E-state index is 14.3. The first-order valence-corrected chi connectivity index (χ1v) is 39.2. The smallest absolute Gasteiger partial charge is 0.416 e. The van der Waals surface area contributed by atoms with Gasteiger partial charge in [0.2, 0.25) is 11.8 Å². The molecule has 0 saturated carbocycles. The van der Waals surface area contributed by atoms with Gasteiger partial charge in [0, 0.05) is 128 Å². The van der Waals surface area contributed by atoms with Gasteiger partial charge in [0.05, 0.1) is 66.3 Å². The fourth-order valence-electron chi connectivity index (χ4n) is 15.6. The zero-order chi connectivity index (χ0) is 86.0. The number of ether oxygens (including phenoxy) is 7. The maximum atomic E-state index is 14.3. The number of hydrogen-bond acceptors (Lipinski definition) is 17. The monoisotopic (exact) mass is 1640 g/mol. The van der Waals surface area contributed by atoms with Crippen molar-refractivity contribution in [2.45, 2.75) is 90.0 Å². The highest BCUT2D eigenvalue weighted by atomic mass is 16.6. The van der Waals surface area contributed by atoms with Crippen molar-refractivity contribution < 1.29 is 86.2 Å². The van der Waals surface area contributed by atoms with Crippen molar-refractivity contribution in [3.8, 4) is 33.8 Å². The van der Waals surface area contributed by atoms with E-state index in [2.05, 4.69) is 34.4 Å². The second-order valence-corrected chi connectivity index (χ2v) is 29.7. The molecule has 4 aliphatic rings. The number of benzene rings is 6. The lowest BCUT2D eigenvalue weighted by Crippen LogP contribution is -2.56. The minimum absolute atomic E-state index is 0.0335. The van der Waals surface area contributed by atoms with Gasteiger partial charge in [0.15, 0.2) is 12.5 Å². The van der Waals surface area contributed by atoms with Crippen LogP contribution in [0.15, 0.2) is 196 Å². The molecule has 0 radical (unpaired) electrons. The van der Waals surface area contributed by atoms with Crippen molar-refractivity contribution in [3.05, 3.63) is 263 Å². The number of aromatic carboxylic acids is 1. The normalized spacial score (nSPS) is 15.5. The van der Waals surface area contributed by atoms with E-state index in [9.17, 15) is 53.1 Å². The lowest BCUT2D eigenvalue weighted by atomic mass is 9.92. The van der Waals surface area contributed by atoms with Crippen LogP contribution in [0.1, 0.15) is 122 Å². The van der Waals surface area contributed by atoms with Crippen LogP contribution < -0.4 is 40.5 Å². The minimum Gasteiger partial charge on any atom is -0.493 e. The second-order valence-electron chi connectivity index (χ2n) is 29.7. The van der Waals surface area contributed by atoms with Gasteiger partial charge >= 0.3 is 24.1 Å². The molecule has 8 heterocycles. The van der Waals surface area contributed by atoms with Gasteiger partial charge in [-0.15, -0.1) is 0 Å². The number of esters is 1. The molecule has 0 spiro atoms. The van der Waals surface area contributed by atoms with Crippen LogP contribution in [0.3, 0.4) is 0 Å². The summed E-state index contributed by atoms with van der Waals surface area (Å²) in [5, 5.41) is 20.8. The Bertz CT molecular complexity index is 5680. The molecule has 30 heteroatoms. The molecule has 4 aromatic heterocycles. The van der Waals surface area contributed by atoms with Crippen molar-refractivity contribution >= 4 is 93.7 Å². The zero-order valence-corrected chi connectivity index (χ0v) is 68.5. The number of aromatic nitrogens is 4. The molecular weight excluding hydrogens is 1550 g/mol. The van der Waals surface area contributed by atoms with E-state index >= 15 is 0 Å². The van der Waals surface area contributed by atoms with Gasteiger partial charge in [-0.3, -0.25) is 28.8 Å². The first-order chi connectivity index (χ1) is 58.3. The summed E-state index contributed by atoms with van der Waals surface area (Å²) in [5.41, 5.74) is 13.3. The number of methoxy groups -OCH3 is 3. The van der Waals surface area contributed by atoms with E-state index in [-0.39, 0.29) is 80.4 Å².